The summed E-state index contributed by atoms with van der Waals surface area (Å²) < 4.78 is 13.8. The van der Waals surface area contributed by atoms with Crippen molar-refractivity contribution in [1.29, 1.82) is 0 Å². The van der Waals surface area contributed by atoms with Gasteiger partial charge in [0.15, 0.2) is 0 Å². The Hall–Kier alpha value is -3.49. The first-order chi connectivity index (χ1) is 18.4. The number of nitrogens with zero attached hydrogens (tertiary/aromatic N) is 3. The molecule has 1 aliphatic heterocycles. The number of benzene rings is 1. The fourth-order valence-corrected chi connectivity index (χ4v) is 4.42. The van der Waals surface area contributed by atoms with Gasteiger partial charge in [-0.3, -0.25) is 0 Å². The maximum Gasteiger partial charge on any atom is 0.0342 e. The second kappa shape index (κ2) is 14.4. The average molecular weight is 582 g/mol. The number of pyridine rings is 2. The molecule has 11 heteroatoms. The SMILES string of the molecule is CC.Nc1ccc(CNC(=O)Nc2ccc(-c3ccc(C(=O)NCCN4CCC(F)C4)c([As])n3)cc2)cn1. The van der Waals surface area contributed by atoms with Crippen molar-refractivity contribution in [3.05, 3.63) is 65.9 Å². The Bertz CT molecular complexity index is 1210. The molecule has 2 aromatic heterocycles. The van der Waals surface area contributed by atoms with Crippen LogP contribution in [0.5, 0.6) is 0 Å². The molecule has 3 heterocycles. The van der Waals surface area contributed by atoms with E-state index in [0.717, 1.165) is 17.7 Å². The Kier molecular flexibility index (Phi) is 11.1. The molecule has 3 amide bonds. The fraction of sp³-hybridized carbons (Fsp3) is 0.333. The van der Waals surface area contributed by atoms with Gasteiger partial charge in [-0.1, -0.05) is 19.9 Å². The van der Waals surface area contributed by atoms with Gasteiger partial charge in [0.2, 0.25) is 0 Å². The van der Waals surface area contributed by atoms with Crippen LogP contribution in [0.4, 0.5) is 20.7 Å². The summed E-state index contributed by atoms with van der Waals surface area (Å²) >= 11 is 2.33. The number of alkyl halides is 1. The smallest absolute Gasteiger partial charge is 0.0342 e. The third-order valence-corrected chi connectivity index (χ3v) is 6.50. The minimum Gasteiger partial charge on any atom is -0.239 e. The topological polar surface area (TPSA) is 125 Å². The maximum atomic E-state index is 13.3. The molecule has 5 N–H and O–H groups in total. The molecule has 3 aromatic rings. The first-order valence-electron chi connectivity index (χ1n) is 12.6. The normalized spacial score (nSPS) is 14.8. The van der Waals surface area contributed by atoms with E-state index < -0.39 is 6.17 Å². The van der Waals surface area contributed by atoms with E-state index in [1.807, 2.05) is 30.9 Å². The number of amides is 3. The zero-order chi connectivity index (χ0) is 27.5. The molecule has 1 saturated heterocycles. The molecule has 1 fully saturated rings. The molecule has 1 aromatic carbocycles. The number of nitrogens with two attached hydrogens (primary N) is 1. The summed E-state index contributed by atoms with van der Waals surface area (Å²) in [6.45, 7) is 6.57. The second-order valence-electron chi connectivity index (χ2n) is 8.49. The van der Waals surface area contributed by atoms with Crippen LogP contribution >= 0.6 is 0 Å². The number of hydrogen-bond donors (Lipinski definition) is 4. The Labute approximate surface area is 231 Å². The minimum atomic E-state index is -0.767. The van der Waals surface area contributed by atoms with Crippen LogP contribution in [0.25, 0.3) is 11.3 Å². The average Bonchev–Trinajstić information content (AvgIpc) is 3.34. The Balaban J connectivity index is 0.00000195. The van der Waals surface area contributed by atoms with Crippen LogP contribution in [0.2, 0.25) is 0 Å². The summed E-state index contributed by atoms with van der Waals surface area (Å²) in [7, 11) is 0. The van der Waals surface area contributed by atoms with Crippen LogP contribution in [0.15, 0.2) is 54.7 Å². The van der Waals surface area contributed by atoms with Crippen LogP contribution in [-0.2, 0) is 6.54 Å². The first-order valence-corrected chi connectivity index (χ1v) is 13.5. The van der Waals surface area contributed by atoms with Crippen LogP contribution in [0.1, 0.15) is 36.2 Å². The Morgan fingerprint density at radius 3 is 2.50 bits per heavy atom. The molecule has 9 nitrogen and oxygen atoms in total. The molecular formula is C27H33AsFN7O2. The van der Waals surface area contributed by atoms with E-state index in [4.69, 9.17) is 5.73 Å². The van der Waals surface area contributed by atoms with E-state index in [1.165, 1.54) is 0 Å². The van der Waals surface area contributed by atoms with E-state index in [9.17, 15) is 14.0 Å². The van der Waals surface area contributed by atoms with Gasteiger partial charge in [0.05, 0.1) is 0 Å². The fourth-order valence-electron chi connectivity index (χ4n) is 3.82. The molecule has 0 spiro atoms. The van der Waals surface area contributed by atoms with Gasteiger partial charge in [-0.05, 0) is 6.07 Å². The molecule has 2 radical (unpaired) electrons. The summed E-state index contributed by atoms with van der Waals surface area (Å²) in [6, 6.07) is 13.9. The molecule has 0 aliphatic carbocycles. The van der Waals surface area contributed by atoms with Crippen molar-refractivity contribution in [2.45, 2.75) is 33.0 Å². The zero-order valence-corrected chi connectivity index (χ0v) is 23.5. The van der Waals surface area contributed by atoms with E-state index >= 15 is 0 Å². The molecule has 4 rings (SSSR count). The summed E-state index contributed by atoms with van der Waals surface area (Å²) in [5.74, 6) is 0.220. The molecule has 0 saturated carbocycles. The quantitative estimate of drug-likeness (QED) is 0.303. The molecule has 200 valence electrons. The Morgan fingerprint density at radius 1 is 1.11 bits per heavy atom. The monoisotopic (exact) mass is 581 g/mol. The van der Waals surface area contributed by atoms with Crippen LogP contribution in [0.3, 0.4) is 0 Å². The van der Waals surface area contributed by atoms with Gasteiger partial charge in [-0.15, -0.1) is 0 Å². The van der Waals surface area contributed by atoms with Gasteiger partial charge < -0.3 is 5.73 Å². The number of nitrogens with one attached hydrogen (secondary N) is 3. The third-order valence-electron chi connectivity index (χ3n) is 5.79. The molecule has 0 bridgehead atoms. The standard InChI is InChI=1S/C25H27AsFN7O2.C2H6/c26-23-20(24(35)29-10-12-34-11-9-18(27)15-34)6-7-21(33-23)17-2-4-19(5-3-17)32-25(36)31-14-16-1-8-22(28)30-13-16;1-2/h1-8,13,18H,9-12,14-15H2,(H2,28,30)(H,29,35)(H2,31,32,36);1-2H3. The first kappa shape index (κ1) is 29.1. The van der Waals surface area contributed by atoms with Crippen LogP contribution < -0.4 is 26.2 Å². The zero-order valence-electron chi connectivity index (χ0n) is 21.6. The largest absolute Gasteiger partial charge is 0.239 e. The van der Waals surface area contributed by atoms with Crippen LogP contribution in [0, 0.1) is 0 Å². The minimum absolute atomic E-state index is 0.207. The molecule has 1 unspecified atom stereocenters. The predicted octanol–water partition coefficient (Wildman–Crippen LogP) is 2.64. The van der Waals surface area contributed by atoms with E-state index in [1.54, 1.807) is 42.6 Å². The number of anilines is 2. The number of nitrogen functional groups attached to an aromatic ring is 1. The summed E-state index contributed by atoms with van der Waals surface area (Å²) in [6.07, 6.45) is 1.41. The van der Waals surface area contributed by atoms with Crippen molar-refractivity contribution in [3.63, 3.8) is 0 Å². The van der Waals surface area contributed by atoms with Gasteiger partial charge in [0, 0.05) is 6.20 Å². The summed E-state index contributed by atoms with van der Waals surface area (Å²) in [5.41, 5.74) is 9.08. The number of likely N-dealkylation sites (tertiary alicyclic amines) is 1. The molecular weight excluding hydrogens is 548 g/mol. The van der Waals surface area contributed by atoms with Crippen molar-refractivity contribution in [2.75, 3.05) is 37.2 Å². The third kappa shape index (κ3) is 8.53. The maximum absolute atomic E-state index is 13.3. The number of urea groups is 1. The van der Waals surface area contributed by atoms with Gasteiger partial charge in [-0.2, -0.15) is 0 Å². The van der Waals surface area contributed by atoms with E-state index in [2.05, 4.69) is 42.8 Å². The van der Waals surface area contributed by atoms with E-state index in [0.29, 0.717) is 59.8 Å². The molecule has 38 heavy (non-hydrogen) atoms. The number of aromatic nitrogens is 2. The van der Waals surface area contributed by atoms with Crippen molar-refractivity contribution in [2.24, 2.45) is 0 Å². The second-order valence-corrected chi connectivity index (χ2v) is 9.38. The van der Waals surface area contributed by atoms with Gasteiger partial charge in [0.25, 0.3) is 0 Å². The number of carbonyl (C=O) groups is 2. The number of halogens is 1. The van der Waals surface area contributed by atoms with Crippen molar-refractivity contribution >= 4 is 44.8 Å². The van der Waals surface area contributed by atoms with Crippen molar-refractivity contribution in [3.8, 4) is 11.3 Å². The van der Waals surface area contributed by atoms with Gasteiger partial charge in [0.1, 0.15) is 5.82 Å². The van der Waals surface area contributed by atoms with E-state index in [-0.39, 0.29) is 11.9 Å². The number of rotatable bonds is 8. The number of hydrogen-bond acceptors (Lipinski definition) is 6. The van der Waals surface area contributed by atoms with Crippen LogP contribution in [-0.4, -0.2) is 76.0 Å². The molecule has 1 atom stereocenters. The Morgan fingerprint density at radius 2 is 1.87 bits per heavy atom. The van der Waals surface area contributed by atoms with Gasteiger partial charge >= 0.3 is 183 Å². The predicted molar refractivity (Wildman–Crippen MR) is 149 cm³/mol. The van der Waals surface area contributed by atoms with Gasteiger partial charge in [-0.25, -0.2) is 4.98 Å². The summed E-state index contributed by atoms with van der Waals surface area (Å²) in [4.78, 5) is 35.3. The molecule has 1 aliphatic rings. The van der Waals surface area contributed by atoms with Crippen molar-refractivity contribution < 1.29 is 14.0 Å². The number of carbonyl (C=O) groups excluding carboxylic acids is 2. The van der Waals surface area contributed by atoms with Crippen molar-refractivity contribution in [1.82, 2.24) is 25.5 Å². The summed E-state index contributed by atoms with van der Waals surface area (Å²) in [5, 5.41) is 8.43.